The first-order chi connectivity index (χ1) is 21.8. The second-order valence-electron chi connectivity index (χ2n) is 11.8. The molecule has 2 aromatic carbocycles. The first kappa shape index (κ1) is 30.4. The molecule has 2 fully saturated rings. The van der Waals surface area contributed by atoms with Gasteiger partial charge in [0.15, 0.2) is 22.8 Å². The van der Waals surface area contributed by atoms with Gasteiger partial charge in [0, 0.05) is 54.7 Å². The Morgan fingerprint density at radius 3 is 2.24 bits per heavy atom. The normalized spacial score (nSPS) is 17.6. The van der Waals surface area contributed by atoms with Crippen LogP contribution in [0.15, 0.2) is 48.5 Å². The van der Waals surface area contributed by atoms with E-state index in [1.807, 2.05) is 36.1 Å². The maximum Gasteiger partial charge on any atom is 0.323 e. The molecule has 2 saturated heterocycles. The van der Waals surface area contributed by atoms with Crippen molar-refractivity contribution < 1.29 is 14.3 Å². The number of hydrogen-bond acceptors (Lipinski definition) is 9. The van der Waals surface area contributed by atoms with E-state index in [-0.39, 0.29) is 18.0 Å². The number of benzene rings is 2. The van der Waals surface area contributed by atoms with Crippen molar-refractivity contribution in [3.05, 3.63) is 54.1 Å². The standard InChI is InChI=1S/C32H40N10O3/c1-5-42-30-27(37-38-42)29(41-18-19-45-20-21(41)2)35-28(36-30)22-6-10-24(11-7-22)33-32(44)34-25-12-8-23(9-13-25)31(43)40-16-14-26(15-17-40)39(3)4/h6-13,21,26H,5,14-20H2,1-4H3,(H2,33,34,44)/t21-/m0/s1. The van der Waals surface area contributed by atoms with Gasteiger partial charge in [0.05, 0.1) is 19.3 Å². The highest BCUT2D eigenvalue weighted by Gasteiger charge is 2.27. The number of likely N-dealkylation sites (tertiary alicyclic amines) is 1. The third-order valence-electron chi connectivity index (χ3n) is 8.56. The molecule has 0 bridgehead atoms. The Kier molecular flexibility index (Phi) is 8.90. The smallest absolute Gasteiger partial charge is 0.323 e. The van der Waals surface area contributed by atoms with Crippen molar-refractivity contribution in [2.24, 2.45) is 0 Å². The molecule has 6 rings (SSSR count). The summed E-state index contributed by atoms with van der Waals surface area (Å²) in [6.45, 7) is 8.18. The summed E-state index contributed by atoms with van der Waals surface area (Å²) in [6, 6.07) is 14.7. The fourth-order valence-corrected chi connectivity index (χ4v) is 5.89. The summed E-state index contributed by atoms with van der Waals surface area (Å²) >= 11 is 0. The SMILES string of the molecule is CCn1nnc2c(N3CCOC[C@@H]3C)nc(-c3ccc(NC(=O)Nc4ccc(C(=O)N5CCC(N(C)C)CC5)cc4)cc3)nc21. The van der Waals surface area contributed by atoms with Crippen LogP contribution in [0.5, 0.6) is 0 Å². The van der Waals surface area contributed by atoms with Gasteiger partial charge in [-0.15, -0.1) is 5.10 Å². The first-order valence-corrected chi connectivity index (χ1v) is 15.5. The van der Waals surface area contributed by atoms with Gasteiger partial charge in [-0.1, -0.05) is 5.21 Å². The Hall–Kier alpha value is -4.62. The Morgan fingerprint density at radius 1 is 0.956 bits per heavy atom. The minimum atomic E-state index is -0.383. The average Bonchev–Trinajstić information content (AvgIpc) is 3.48. The monoisotopic (exact) mass is 612 g/mol. The van der Waals surface area contributed by atoms with Crippen LogP contribution in [0.1, 0.15) is 37.0 Å². The van der Waals surface area contributed by atoms with Crippen molar-refractivity contribution in [2.45, 2.75) is 45.3 Å². The van der Waals surface area contributed by atoms with Crippen LogP contribution in [-0.4, -0.2) is 106 Å². The van der Waals surface area contributed by atoms with Gasteiger partial charge in [0.25, 0.3) is 5.91 Å². The fraction of sp³-hybridized carbons (Fsp3) is 0.438. The molecule has 0 radical (unpaired) electrons. The third-order valence-corrected chi connectivity index (χ3v) is 8.56. The number of amides is 3. The number of morpholine rings is 1. The van der Waals surface area contributed by atoms with Gasteiger partial charge >= 0.3 is 6.03 Å². The number of nitrogens with one attached hydrogen (secondary N) is 2. The zero-order valence-corrected chi connectivity index (χ0v) is 26.2. The summed E-state index contributed by atoms with van der Waals surface area (Å²) in [7, 11) is 4.17. The topological polar surface area (TPSA) is 134 Å². The predicted molar refractivity (Wildman–Crippen MR) is 174 cm³/mol. The van der Waals surface area contributed by atoms with Gasteiger partial charge in [-0.3, -0.25) is 4.79 Å². The molecule has 45 heavy (non-hydrogen) atoms. The molecule has 2 aliphatic heterocycles. The number of carbonyl (C=O) groups excluding carboxylic acids is 2. The number of urea groups is 1. The molecule has 3 amide bonds. The van der Waals surface area contributed by atoms with E-state index >= 15 is 0 Å². The minimum absolute atomic E-state index is 0.0217. The lowest BCUT2D eigenvalue weighted by molar-refractivity contribution is 0.0663. The van der Waals surface area contributed by atoms with Crippen molar-refractivity contribution in [2.75, 3.05) is 62.5 Å². The molecular weight excluding hydrogens is 572 g/mol. The molecule has 0 spiro atoms. The molecule has 4 heterocycles. The van der Waals surface area contributed by atoms with Gasteiger partial charge in [-0.25, -0.2) is 19.4 Å². The Bertz CT molecular complexity index is 1650. The Balaban J connectivity index is 1.10. The van der Waals surface area contributed by atoms with E-state index < -0.39 is 0 Å². The van der Waals surface area contributed by atoms with Crippen LogP contribution in [0.3, 0.4) is 0 Å². The van der Waals surface area contributed by atoms with Crippen molar-refractivity contribution in [3.63, 3.8) is 0 Å². The predicted octanol–water partition coefficient (Wildman–Crippen LogP) is 3.94. The van der Waals surface area contributed by atoms with Gasteiger partial charge in [-0.05, 0) is 89.3 Å². The molecule has 2 N–H and O–H groups in total. The molecule has 2 aliphatic rings. The summed E-state index contributed by atoms with van der Waals surface area (Å²) < 4.78 is 7.40. The van der Waals surface area contributed by atoms with Crippen LogP contribution < -0.4 is 15.5 Å². The molecule has 0 saturated carbocycles. The van der Waals surface area contributed by atoms with E-state index in [1.165, 1.54) is 0 Å². The van der Waals surface area contributed by atoms with Crippen LogP contribution in [0, 0.1) is 0 Å². The molecule has 1 atom stereocenters. The zero-order chi connectivity index (χ0) is 31.5. The lowest BCUT2D eigenvalue weighted by atomic mass is 10.0. The zero-order valence-electron chi connectivity index (χ0n) is 26.2. The molecule has 0 aliphatic carbocycles. The van der Waals surface area contributed by atoms with Crippen LogP contribution in [0.25, 0.3) is 22.6 Å². The number of anilines is 3. The third kappa shape index (κ3) is 6.59. The molecular formula is C32H40N10O3. The fourth-order valence-electron chi connectivity index (χ4n) is 5.89. The van der Waals surface area contributed by atoms with E-state index in [1.54, 1.807) is 28.9 Å². The quantitative estimate of drug-likeness (QED) is 0.318. The number of piperidine rings is 1. The number of aryl methyl sites for hydroxylation is 1. The summed E-state index contributed by atoms with van der Waals surface area (Å²) in [5.41, 5.74) is 3.99. The largest absolute Gasteiger partial charge is 0.377 e. The number of ether oxygens (including phenoxy) is 1. The molecule has 13 heteroatoms. The molecule has 2 aromatic heterocycles. The maximum absolute atomic E-state index is 13.0. The number of aromatic nitrogens is 5. The van der Waals surface area contributed by atoms with Gasteiger partial charge < -0.3 is 30.1 Å². The number of fused-ring (bicyclic) bond motifs is 1. The molecule has 0 unspecified atom stereocenters. The summed E-state index contributed by atoms with van der Waals surface area (Å²) in [5.74, 6) is 1.32. The van der Waals surface area contributed by atoms with Crippen molar-refractivity contribution >= 4 is 40.3 Å². The van der Waals surface area contributed by atoms with E-state index in [9.17, 15) is 9.59 Å². The highest BCUT2D eigenvalue weighted by atomic mass is 16.5. The highest BCUT2D eigenvalue weighted by Crippen LogP contribution is 2.29. The lowest BCUT2D eigenvalue weighted by Gasteiger charge is -2.35. The first-order valence-electron chi connectivity index (χ1n) is 15.5. The van der Waals surface area contributed by atoms with Crippen LogP contribution in [0.4, 0.5) is 22.0 Å². The number of hydrogen-bond donors (Lipinski definition) is 2. The van der Waals surface area contributed by atoms with E-state index in [4.69, 9.17) is 14.7 Å². The van der Waals surface area contributed by atoms with Crippen LogP contribution in [-0.2, 0) is 11.3 Å². The maximum atomic E-state index is 13.0. The van der Waals surface area contributed by atoms with Crippen molar-refractivity contribution in [3.8, 4) is 11.4 Å². The molecule has 13 nitrogen and oxygen atoms in total. The lowest BCUT2D eigenvalue weighted by Crippen LogP contribution is -2.44. The van der Waals surface area contributed by atoms with Crippen molar-refractivity contribution in [1.82, 2.24) is 34.8 Å². The molecule has 4 aromatic rings. The Labute approximate surface area is 262 Å². The second kappa shape index (κ2) is 13.2. The van der Waals surface area contributed by atoms with Crippen LogP contribution >= 0.6 is 0 Å². The second-order valence-corrected chi connectivity index (χ2v) is 11.8. The van der Waals surface area contributed by atoms with Gasteiger partial charge in [0.1, 0.15) is 0 Å². The summed E-state index contributed by atoms with van der Waals surface area (Å²) in [6.07, 6.45) is 1.94. The van der Waals surface area contributed by atoms with E-state index in [0.717, 1.165) is 37.3 Å². The highest BCUT2D eigenvalue weighted by molar-refractivity contribution is 6.00. The number of rotatable bonds is 7. The minimum Gasteiger partial charge on any atom is -0.377 e. The van der Waals surface area contributed by atoms with E-state index in [0.29, 0.717) is 66.3 Å². The van der Waals surface area contributed by atoms with E-state index in [2.05, 4.69) is 51.8 Å². The van der Waals surface area contributed by atoms with Gasteiger partial charge in [-0.2, -0.15) is 0 Å². The summed E-state index contributed by atoms with van der Waals surface area (Å²) in [5, 5.41) is 14.4. The number of nitrogens with zero attached hydrogens (tertiary/aromatic N) is 8. The van der Waals surface area contributed by atoms with Crippen molar-refractivity contribution in [1.29, 1.82) is 0 Å². The summed E-state index contributed by atoms with van der Waals surface area (Å²) in [4.78, 5) is 41.8. The van der Waals surface area contributed by atoms with Crippen LogP contribution in [0.2, 0.25) is 0 Å². The molecule has 236 valence electrons. The number of carbonyl (C=O) groups is 2. The Morgan fingerprint density at radius 2 is 1.62 bits per heavy atom. The average molecular weight is 613 g/mol. The van der Waals surface area contributed by atoms with Gasteiger partial charge in [0.2, 0.25) is 0 Å².